The van der Waals surface area contributed by atoms with Crippen LogP contribution in [-0.4, -0.2) is 18.5 Å². The van der Waals surface area contributed by atoms with Crippen molar-refractivity contribution in [2.75, 3.05) is 11.9 Å². The van der Waals surface area contributed by atoms with Crippen molar-refractivity contribution in [1.82, 2.24) is 0 Å². The standard InChI is InChI=1S/C15H14BrNO4/c1-2-8-20-15(19)10-4-3-5-11(9-10)17-14(18)12-6-7-13(16)21-12/h3-7,9H,2,8H2,1H3,(H,17,18). The third kappa shape index (κ3) is 4.19. The molecule has 2 aromatic rings. The van der Waals surface area contributed by atoms with Crippen LogP contribution >= 0.6 is 15.9 Å². The molecule has 0 atom stereocenters. The van der Waals surface area contributed by atoms with E-state index >= 15 is 0 Å². The summed E-state index contributed by atoms with van der Waals surface area (Å²) in [7, 11) is 0. The van der Waals surface area contributed by atoms with Crippen LogP contribution in [-0.2, 0) is 4.74 Å². The predicted octanol–water partition coefficient (Wildman–Crippen LogP) is 3.86. The van der Waals surface area contributed by atoms with Crippen LogP contribution in [0.5, 0.6) is 0 Å². The van der Waals surface area contributed by atoms with Gasteiger partial charge < -0.3 is 14.5 Å². The number of hydrogen-bond donors (Lipinski definition) is 1. The van der Waals surface area contributed by atoms with Crippen LogP contribution in [0.4, 0.5) is 5.69 Å². The Morgan fingerprint density at radius 1 is 1.29 bits per heavy atom. The van der Waals surface area contributed by atoms with Crippen LogP contribution in [0, 0.1) is 0 Å². The number of carbonyl (C=O) groups excluding carboxylic acids is 2. The van der Waals surface area contributed by atoms with E-state index in [4.69, 9.17) is 9.15 Å². The van der Waals surface area contributed by atoms with Crippen molar-refractivity contribution in [3.63, 3.8) is 0 Å². The van der Waals surface area contributed by atoms with Gasteiger partial charge in [-0.05, 0) is 52.7 Å². The van der Waals surface area contributed by atoms with Crippen molar-refractivity contribution in [2.45, 2.75) is 13.3 Å². The van der Waals surface area contributed by atoms with Crippen molar-refractivity contribution in [3.8, 4) is 0 Å². The van der Waals surface area contributed by atoms with Crippen LogP contribution in [0.25, 0.3) is 0 Å². The largest absolute Gasteiger partial charge is 0.462 e. The van der Waals surface area contributed by atoms with Crippen LogP contribution in [0.2, 0.25) is 0 Å². The normalized spacial score (nSPS) is 10.2. The van der Waals surface area contributed by atoms with E-state index in [0.717, 1.165) is 6.42 Å². The predicted molar refractivity (Wildman–Crippen MR) is 81.4 cm³/mol. The van der Waals surface area contributed by atoms with Crippen molar-refractivity contribution < 1.29 is 18.7 Å². The van der Waals surface area contributed by atoms with E-state index in [-0.39, 0.29) is 11.7 Å². The van der Waals surface area contributed by atoms with Gasteiger partial charge in [-0.3, -0.25) is 4.79 Å². The lowest BCUT2D eigenvalue weighted by Crippen LogP contribution is -2.12. The average Bonchev–Trinajstić information content (AvgIpc) is 2.91. The van der Waals surface area contributed by atoms with E-state index in [1.54, 1.807) is 36.4 Å². The summed E-state index contributed by atoms with van der Waals surface area (Å²) in [4.78, 5) is 23.7. The lowest BCUT2D eigenvalue weighted by Gasteiger charge is -2.06. The molecule has 110 valence electrons. The van der Waals surface area contributed by atoms with Crippen molar-refractivity contribution in [1.29, 1.82) is 0 Å². The highest BCUT2D eigenvalue weighted by Crippen LogP contribution is 2.17. The van der Waals surface area contributed by atoms with Crippen molar-refractivity contribution in [3.05, 3.63) is 52.4 Å². The summed E-state index contributed by atoms with van der Waals surface area (Å²) in [6.07, 6.45) is 0.759. The highest BCUT2D eigenvalue weighted by atomic mass is 79.9. The zero-order chi connectivity index (χ0) is 15.2. The van der Waals surface area contributed by atoms with Crippen molar-refractivity contribution in [2.24, 2.45) is 0 Å². The van der Waals surface area contributed by atoms with Gasteiger partial charge in [0.2, 0.25) is 0 Å². The van der Waals surface area contributed by atoms with E-state index in [9.17, 15) is 9.59 Å². The highest BCUT2D eigenvalue weighted by molar-refractivity contribution is 9.10. The first-order valence-electron chi connectivity index (χ1n) is 6.44. The smallest absolute Gasteiger partial charge is 0.338 e. The molecule has 1 amide bonds. The van der Waals surface area contributed by atoms with Crippen LogP contribution in [0.15, 0.2) is 45.5 Å². The molecule has 0 aliphatic heterocycles. The molecule has 1 N–H and O–H groups in total. The topological polar surface area (TPSA) is 68.5 Å². The maximum atomic E-state index is 11.9. The van der Waals surface area contributed by atoms with E-state index in [1.165, 1.54) is 0 Å². The molecule has 2 rings (SSSR count). The van der Waals surface area contributed by atoms with Gasteiger partial charge in [0.25, 0.3) is 5.91 Å². The fourth-order valence-corrected chi connectivity index (χ4v) is 1.94. The second-order valence-electron chi connectivity index (χ2n) is 4.27. The average molecular weight is 352 g/mol. The monoisotopic (exact) mass is 351 g/mol. The summed E-state index contributed by atoms with van der Waals surface area (Å²) in [5.41, 5.74) is 0.889. The summed E-state index contributed by atoms with van der Waals surface area (Å²) < 4.78 is 10.7. The molecule has 5 nitrogen and oxygen atoms in total. The zero-order valence-electron chi connectivity index (χ0n) is 11.4. The molecule has 0 spiro atoms. The second kappa shape index (κ2) is 7.08. The molecule has 0 unspecified atom stereocenters. The van der Waals surface area contributed by atoms with Crippen LogP contribution < -0.4 is 5.32 Å². The molecular formula is C15H14BrNO4. The number of amides is 1. The molecule has 0 saturated heterocycles. The van der Waals surface area contributed by atoms with Gasteiger partial charge in [0.15, 0.2) is 10.4 Å². The summed E-state index contributed by atoms with van der Waals surface area (Å²) in [6.45, 7) is 2.29. The van der Waals surface area contributed by atoms with E-state index in [0.29, 0.717) is 22.5 Å². The first kappa shape index (κ1) is 15.3. The molecule has 6 heteroatoms. The van der Waals surface area contributed by atoms with Crippen LogP contribution in [0.1, 0.15) is 34.3 Å². The molecule has 1 aromatic carbocycles. The van der Waals surface area contributed by atoms with E-state index in [2.05, 4.69) is 21.2 Å². The molecule has 1 heterocycles. The van der Waals surface area contributed by atoms with Crippen molar-refractivity contribution >= 4 is 33.5 Å². The molecule has 0 bridgehead atoms. The Morgan fingerprint density at radius 2 is 2.10 bits per heavy atom. The summed E-state index contributed by atoms with van der Waals surface area (Å²) >= 11 is 3.13. The van der Waals surface area contributed by atoms with Crippen LogP contribution in [0.3, 0.4) is 0 Å². The maximum absolute atomic E-state index is 11.9. The highest BCUT2D eigenvalue weighted by Gasteiger charge is 2.12. The van der Waals surface area contributed by atoms with Gasteiger partial charge in [-0.2, -0.15) is 0 Å². The number of esters is 1. The third-order valence-corrected chi connectivity index (χ3v) is 3.02. The Hall–Kier alpha value is -2.08. The lowest BCUT2D eigenvalue weighted by molar-refractivity contribution is 0.0505. The molecule has 1 aromatic heterocycles. The first-order valence-corrected chi connectivity index (χ1v) is 7.23. The lowest BCUT2D eigenvalue weighted by atomic mass is 10.2. The number of furan rings is 1. The maximum Gasteiger partial charge on any atom is 0.338 e. The number of halogens is 1. The fourth-order valence-electron chi connectivity index (χ4n) is 1.63. The number of hydrogen-bond acceptors (Lipinski definition) is 4. The molecule has 0 aliphatic carbocycles. The minimum absolute atomic E-state index is 0.181. The number of anilines is 1. The molecule has 0 saturated carbocycles. The Morgan fingerprint density at radius 3 is 2.76 bits per heavy atom. The fraction of sp³-hybridized carbons (Fsp3) is 0.200. The first-order chi connectivity index (χ1) is 10.1. The minimum atomic E-state index is -0.409. The Bertz CT molecular complexity index is 651. The number of nitrogens with one attached hydrogen (secondary N) is 1. The van der Waals surface area contributed by atoms with Gasteiger partial charge >= 0.3 is 5.97 Å². The van der Waals surface area contributed by atoms with Gasteiger partial charge in [-0.1, -0.05) is 13.0 Å². The Labute approximate surface area is 130 Å². The number of carbonyl (C=O) groups is 2. The van der Waals surface area contributed by atoms with E-state index in [1.807, 2.05) is 6.92 Å². The zero-order valence-corrected chi connectivity index (χ0v) is 13.0. The summed E-state index contributed by atoms with van der Waals surface area (Å²) in [6, 6.07) is 9.75. The number of benzene rings is 1. The quantitative estimate of drug-likeness (QED) is 0.830. The number of ether oxygens (including phenoxy) is 1. The molecule has 0 aliphatic rings. The SMILES string of the molecule is CCCOC(=O)c1cccc(NC(=O)c2ccc(Br)o2)c1. The van der Waals surface area contributed by atoms with Gasteiger partial charge in [0.05, 0.1) is 12.2 Å². The second-order valence-corrected chi connectivity index (χ2v) is 5.06. The third-order valence-electron chi connectivity index (χ3n) is 2.59. The molecular weight excluding hydrogens is 338 g/mol. The minimum Gasteiger partial charge on any atom is -0.462 e. The van der Waals surface area contributed by atoms with Gasteiger partial charge in [-0.25, -0.2) is 4.79 Å². The Kier molecular flexibility index (Phi) is 5.16. The molecule has 0 fully saturated rings. The van der Waals surface area contributed by atoms with Gasteiger partial charge in [-0.15, -0.1) is 0 Å². The summed E-state index contributed by atoms with van der Waals surface area (Å²) in [5, 5.41) is 2.66. The number of rotatable bonds is 5. The van der Waals surface area contributed by atoms with Gasteiger partial charge in [0.1, 0.15) is 0 Å². The molecule has 0 radical (unpaired) electrons. The summed E-state index contributed by atoms with van der Waals surface area (Å²) in [5.74, 6) is -0.616. The van der Waals surface area contributed by atoms with E-state index < -0.39 is 5.97 Å². The molecule has 21 heavy (non-hydrogen) atoms. The Balaban J connectivity index is 2.07. The van der Waals surface area contributed by atoms with Gasteiger partial charge in [0, 0.05) is 5.69 Å².